The molecule has 3 N–H and O–H groups in total. The van der Waals surface area contributed by atoms with Gasteiger partial charge < -0.3 is 0 Å². The van der Waals surface area contributed by atoms with Crippen LogP contribution in [0.3, 0.4) is 0 Å². The molecule has 66 valence electrons. The van der Waals surface area contributed by atoms with Gasteiger partial charge in [0.1, 0.15) is 0 Å². The van der Waals surface area contributed by atoms with E-state index < -0.39 is 0 Å². The molecule has 0 bridgehead atoms. The van der Waals surface area contributed by atoms with Gasteiger partial charge in [0, 0.05) is 15.0 Å². The second-order valence-electron chi connectivity index (χ2n) is 2.55. The molecule has 0 aliphatic carbocycles. The second kappa shape index (κ2) is 4.37. The number of benzene rings is 1. The largest absolute Gasteiger partial charge is 0.271 e. The summed E-state index contributed by atoms with van der Waals surface area (Å²) in [7, 11) is 0. The van der Waals surface area contributed by atoms with Crippen molar-refractivity contribution in [3.63, 3.8) is 0 Å². The fraction of sp³-hybridized carbons (Fsp3) is 0.250. The lowest BCUT2D eigenvalue weighted by Crippen LogP contribution is -2.25. The van der Waals surface area contributed by atoms with E-state index in [4.69, 9.17) is 5.84 Å². The van der Waals surface area contributed by atoms with Gasteiger partial charge in [-0.2, -0.15) is 0 Å². The fourth-order valence-electron chi connectivity index (χ4n) is 0.942. The summed E-state index contributed by atoms with van der Waals surface area (Å²) < 4.78 is 2.12. The SMILES string of the molecule is CC(NN)c1ccc(Br)cc1Br. The highest BCUT2D eigenvalue weighted by atomic mass is 79.9. The third-order valence-corrected chi connectivity index (χ3v) is 2.86. The number of hydrogen-bond donors (Lipinski definition) is 2. The molecule has 1 unspecified atom stereocenters. The summed E-state index contributed by atoms with van der Waals surface area (Å²) in [5, 5.41) is 0. The van der Waals surface area contributed by atoms with E-state index in [2.05, 4.69) is 37.3 Å². The first-order valence-electron chi connectivity index (χ1n) is 3.56. The molecular formula is C8H10Br2N2. The Bertz CT molecular complexity index is 276. The van der Waals surface area contributed by atoms with Crippen LogP contribution in [0.4, 0.5) is 0 Å². The highest BCUT2D eigenvalue weighted by Gasteiger charge is 2.06. The molecule has 0 aromatic heterocycles. The van der Waals surface area contributed by atoms with Crippen molar-refractivity contribution in [1.82, 2.24) is 5.43 Å². The highest BCUT2D eigenvalue weighted by molar-refractivity contribution is 9.11. The van der Waals surface area contributed by atoms with E-state index in [-0.39, 0.29) is 6.04 Å². The molecule has 0 aliphatic heterocycles. The van der Waals surface area contributed by atoms with Crippen molar-refractivity contribution >= 4 is 31.9 Å². The molecule has 0 fully saturated rings. The van der Waals surface area contributed by atoms with Crippen LogP contribution >= 0.6 is 31.9 Å². The summed E-state index contributed by atoms with van der Waals surface area (Å²) in [6.45, 7) is 2.01. The Hall–Kier alpha value is 0.1000. The minimum atomic E-state index is 0.160. The van der Waals surface area contributed by atoms with Crippen LogP contribution in [0, 0.1) is 0 Å². The van der Waals surface area contributed by atoms with Gasteiger partial charge in [0.05, 0.1) is 0 Å². The van der Waals surface area contributed by atoms with Crippen molar-refractivity contribution in [3.05, 3.63) is 32.7 Å². The highest BCUT2D eigenvalue weighted by Crippen LogP contribution is 2.26. The molecule has 1 rings (SSSR count). The molecule has 2 nitrogen and oxygen atoms in total. The molecule has 0 spiro atoms. The van der Waals surface area contributed by atoms with E-state index >= 15 is 0 Å². The van der Waals surface area contributed by atoms with Crippen molar-refractivity contribution in [2.24, 2.45) is 5.84 Å². The molecule has 12 heavy (non-hydrogen) atoms. The predicted molar refractivity (Wildman–Crippen MR) is 57.6 cm³/mol. The summed E-state index contributed by atoms with van der Waals surface area (Å²) >= 11 is 6.85. The van der Waals surface area contributed by atoms with Gasteiger partial charge in [0.25, 0.3) is 0 Å². The number of nitrogens with one attached hydrogen (secondary N) is 1. The zero-order chi connectivity index (χ0) is 9.14. The first-order chi connectivity index (χ1) is 5.65. The van der Waals surface area contributed by atoms with Crippen LogP contribution in [0.15, 0.2) is 27.1 Å². The Morgan fingerprint density at radius 1 is 1.42 bits per heavy atom. The second-order valence-corrected chi connectivity index (χ2v) is 4.32. The summed E-state index contributed by atoms with van der Waals surface area (Å²) in [5.74, 6) is 5.33. The van der Waals surface area contributed by atoms with Gasteiger partial charge in [-0.05, 0) is 24.6 Å². The van der Waals surface area contributed by atoms with E-state index in [1.165, 1.54) is 0 Å². The van der Waals surface area contributed by atoms with Crippen LogP contribution in [-0.2, 0) is 0 Å². The number of halogens is 2. The Labute approximate surface area is 88.8 Å². The molecule has 0 radical (unpaired) electrons. The lowest BCUT2D eigenvalue weighted by atomic mass is 10.1. The van der Waals surface area contributed by atoms with Gasteiger partial charge in [-0.15, -0.1) is 0 Å². The lowest BCUT2D eigenvalue weighted by Gasteiger charge is -2.12. The van der Waals surface area contributed by atoms with Gasteiger partial charge >= 0.3 is 0 Å². The summed E-state index contributed by atoms with van der Waals surface area (Å²) in [4.78, 5) is 0. The molecule has 4 heteroatoms. The maximum atomic E-state index is 5.33. The van der Waals surface area contributed by atoms with Crippen molar-refractivity contribution in [2.45, 2.75) is 13.0 Å². The molecule has 0 saturated heterocycles. The molecule has 0 heterocycles. The third-order valence-electron chi connectivity index (χ3n) is 1.68. The van der Waals surface area contributed by atoms with Crippen LogP contribution in [0.25, 0.3) is 0 Å². The minimum absolute atomic E-state index is 0.160. The Kier molecular flexibility index (Phi) is 3.71. The van der Waals surface area contributed by atoms with Crippen molar-refractivity contribution < 1.29 is 0 Å². The van der Waals surface area contributed by atoms with Crippen LogP contribution < -0.4 is 11.3 Å². The molecule has 0 aliphatic rings. The third kappa shape index (κ3) is 2.29. The zero-order valence-electron chi connectivity index (χ0n) is 6.64. The number of hydrogen-bond acceptors (Lipinski definition) is 2. The summed E-state index contributed by atoms with van der Waals surface area (Å²) in [6.07, 6.45) is 0. The fourth-order valence-corrected chi connectivity index (χ4v) is 2.33. The number of hydrazine groups is 1. The van der Waals surface area contributed by atoms with E-state index in [0.29, 0.717) is 0 Å². The molecular weight excluding hydrogens is 284 g/mol. The predicted octanol–water partition coefficient (Wildman–Crippen LogP) is 2.74. The van der Waals surface area contributed by atoms with Gasteiger partial charge in [0.2, 0.25) is 0 Å². The van der Waals surface area contributed by atoms with Crippen LogP contribution in [0.1, 0.15) is 18.5 Å². The van der Waals surface area contributed by atoms with Crippen LogP contribution in [0.5, 0.6) is 0 Å². The van der Waals surface area contributed by atoms with Crippen molar-refractivity contribution in [3.8, 4) is 0 Å². The van der Waals surface area contributed by atoms with Gasteiger partial charge in [0.15, 0.2) is 0 Å². The first-order valence-corrected chi connectivity index (χ1v) is 5.15. The average molecular weight is 294 g/mol. The summed E-state index contributed by atoms with van der Waals surface area (Å²) in [6, 6.07) is 6.18. The molecule has 1 atom stereocenters. The molecule has 0 amide bonds. The van der Waals surface area contributed by atoms with E-state index in [9.17, 15) is 0 Å². The Balaban J connectivity index is 3.01. The van der Waals surface area contributed by atoms with Crippen LogP contribution in [-0.4, -0.2) is 0 Å². The first kappa shape index (κ1) is 10.2. The normalized spacial score (nSPS) is 13.0. The van der Waals surface area contributed by atoms with Gasteiger partial charge in [-0.25, -0.2) is 0 Å². The average Bonchev–Trinajstić information content (AvgIpc) is 2.03. The smallest absolute Gasteiger partial charge is 0.0443 e. The topological polar surface area (TPSA) is 38.0 Å². The van der Waals surface area contributed by atoms with E-state index in [1.54, 1.807) is 0 Å². The van der Waals surface area contributed by atoms with E-state index in [0.717, 1.165) is 14.5 Å². The minimum Gasteiger partial charge on any atom is -0.271 e. The van der Waals surface area contributed by atoms with Crippen molar-refractivity contribution in [1.29, 1.82) is 0 Å². The van der Waals surface area contributed by atoms with E-state index in [1.807, 2.05) is 25.1 Å². The number of rotatable bonds is 2. The van der Waals surface area contributed by atoms with Crippen molar-refractivity contribution in [2.75, 3.05) is 0 Å². The van der Waals surface area contributed by atoms with Crippen LogP contribution in [0.2, 0.25) is 0 Å². The molecule has 1 aromatic carbocycles. The maximum absolute atomic E-state index is 5.33. The molecule has 0 saturated carbocycles. The number of nitrogens with two attached hydrogens (primary N) is 1. The van der Waals surface area contributed by atoms with Gasteiger partial charge in [-0.3, -0.25) is 11.3 Å². The summed E-state index contributed by atoms with van der Waals surface area (Å²) in [5.41, 5.74) is 3.85. The monoisotopic (exact) mass is 292 g/mol. The van der Waals surface area contributed by atoms with Gasteiger partial charge in [-0.1, -0.05) is 37.9 Å². The maximum Gasteiger partial charge on any atom is 0.0443 e. The standard InChI is InChI=1S/C8H10Br2N2/c1-5(12-11)7-3-2-6(9)4-8(7)10/h2-5,12H,11H2,1H3. The quantitative estimate of drug-likeness (QED) is 0.650. The zero-order valence-corrected chi connectivity index (χ0v) is 9.81. The Morgan fingerprint density at radius 3 is 2.58 bits per heavy atom. The Morgan fingerprint density at radius 2 is 2.08 bits per heavy atom. The molecule has 1 aromatic rings. The lowest BCUT2D eigenvalue weighted by molar-refractivity contribution is 0.600.